The van der Waals surface area contributed by atoms with Gasteiger partial charge in [0.15, 0.2) is 0 Å². The number of carbonyl (C=O) groups excluding carboxylic acids is 1. The summed E-state index contributed by atoms with van der Waals surface area (Å²) in [5.74, 6) is 0. The standard InChI is InChI=1S/C13H21N3O2/c1-13(2,3)18-12(17)16-11-5-9(7-14)4-10(6-11)8-15/h4-6H,7-8,14-15H2,1-3H3,(H,16,17). The minimum absolute atomic E-state index is 0.400. The first-order valence-electron chi connectivity index (χ1n) is 5.87. The molecular weight excluding hydrogens is 230 g/mol. The summed E-state index contributed by atoms with van der Waals surface area (Å²) >= 11 is 0. The summed E-state index contributed by atoms with van der Waals surface area (Å²) in [7, 11) is 0. The van der Waals surface area contributed by atoms with Crippen molar-refractivity contribution in [1.29, 1.82) is 0 Å². The fourth-order valence-electron chi connectivity index (χ4n) is 1.49. The van der Waals surface area contributed by atoms with Crippen molar-refractivity contribution >= 4 is 11.8 Å². The van der Waals surface area contributed by atoms with Crippen molar-refractivity contribution in [2.24, 2.45) is 11.5 Å². The van der Waals surface area contributed by atoms with Crippen molar-refractivity contribution in [2.45, 2.75) is 39.5 Å². The van der Waals surface area contributed by atoms with Crippen LogP contribution in [0.5, 0.6) is 0 Å². The first-order valence-corrected chi connectivity index (χ1v) is 5.87. The number of amides is 1. The number of hydrogen-bond acceptors (Lipinski definition) is 4. The van der Waals surface area contributed by atoms with E-state index in [4.69, 9.17) is 16.2 Å². The van der Waals surface area contributed by atoms with Gasteiger partial charge >= 0.3 is 6.09 Å². The Kier molecular flexibility index (Phi) is 4.69. The Morgan fingerprint density at radius 1 is 1.17 bits per heavy atom. The van der Waals surface area contributed by atoms with Gasteiger partial charge in [0.05, 0.1) is 0 Å². The predicted octanol–water partition coefficient (Wildman–Crippen LogP) is 1.95. The van der Waals surface area contributed by atoms with Crippen molar-refractivity contribution in [2.75, 3.05) is 5.32 Å². The molecule has 5 N–H and O–H groups in total. The summed E-state index contributed by atoms with van der Waals surface area (Å²) in [6.07, 6.45) is -0.486. The molecule has 0 saturated heterocycles. The quantitative estimate of drug-likeness (QED) is 0.765. The molecule has 0 unspecified atom stereocenters. The molecule has 1 rings (SSSR count). The normalized spacial score (nSPS) is 11.2. The van der Waals surface area contributed by atoms with Crippen molar-refractivity contribution in [1.82, 2.24) is 0 Å². The van der Waals surface area contributed by atoms with E-state index in [1.54, 1.807) is 0 Å². The molecule has 100 valence electrons. The molecule has 0 atom stereocenters. The van der Waals surface area contributed by atoms with Gasteiger partial charge in [0.1, 0.15) is 5.60 Å². The van der Waals surface area contributed by atoms with E-state index in [9.17, 15) is 4.79 Å². The number of carbonyl (C=O) groups is 1. The number of ether oxygens (including phenoxy) is 1. The van der Waals surface area contributed by atoms with Crippen LogP contribution < -0.4 is 16.8 Å². The van der Waals surface area contributed by atoms with Crippen LogP contribution in [0.25, 0.3) is 0 Å². The Morgan fingerprint density at radius 3 is 2.06 bits per heavy atom. The van der Waals surface area contributed by atoms with E-state index in [1.807, 2.05) is 39.0 Å². The maximum atomic E-state index is 11.6. The molecule has 1 amide bonds. The van der Waals surface area contributed by atoms with E-state index in [-0.39, 0.29) is 0 Å². The molecule has 1 aromatic rings. The van der Waals surface area contributed by atoms with Gasteiger partial charge in [-0.05, 0) is 44.0 Å². The van der Waals surface area contributed by atoms with Crippen LogP contribution in [0.3, 0.4) is 0 Å². The second-order valence-electron chi connectivity index (χ2n) is 5.07. The molecule has 0 saturated carbocycles. The van der Waals surface area contributed by atoms with Gasteiger partial charge in [-0.3, -0.25) is 5.32 Å². The summed E-state index contributed by atoms with van der Waals surface area (Å²) in [6, 6.07) is 5.53. The zero-order valence-corrected chi connectivity index (χ0v) is 11.1. The number of anilines is 1. The van der Waals surface area contributed by atoms with Crippen LogP contribution in [-0.4, -0.2) is 11.7 Å². The first kappa shape index (κ1) is 14.5. The molecular formula is C13H21N3O2. The Morgan fingerprint density at radius 2 is 1.67 bits per heavy atom. The second kappa shape index (κ2) is 5.84. The van der Waals surface area contributed by atoms with E-state index in [1.165, 1.54) is 0 Å². The van der Waals surface area contributed by atoms with Crippen molar-refractivity contribution in [3.8, 4) is 0 Å². The zero-order chi connectivity index (χ0) is 13.8. The largest absolute Gasteiger partial charge is 0.444 e. The van der Waals surface area contributed by atoms with Gasteiger partial charge in [0, 0.05) is 18.8 Å². The highest BCUT2D eigenvalue weighted by Gasteiger charge is 2.16. The molecule has 5 nitrogen and oxygen atoms in total. The third-order valence-corrected chi connectivity index (χ3v) is 2.17. The Labute approximate surface area is 107 Å². The number of rotatable bonds is 3. The van der Waals surface area contributed by atoms with Crippen molar-refractivity contribution in [3.05, 3.63) is 29.3 Å². The minimum atomic E-state index is -0.522. The third kappa shape index (κ3) is 4.73. The lowest BCUT2D eigenvalue weighted by molar-refractivity contribution is 0.0636. The molecule has 0 heterocycles. The van der Waals surface area contributed by atoms with Gasteiger partial charge in [-0.25, -0.2) is 4.79 Å². The van der Waals surface area contributed by atoms with Crippen LogP contribution >= 0.6 is 0 Å². The van der Waals surface area contributed by atoms with Crippen molar-refractivity contribution in [3.63, 3.8) is 0 Å². The molecule has 5 heteroatoms. The first-order chi connectivity index (χ1) is 8.34. The summed E-state index contributed by atoms with van der Waals surface area (Å²) in [4.78, 5) is 11.6. The van der Waals surface area contributed by atoms with Crippen LogP contribution in [0, 0.1) is 0 Å². The molecule has 1 aromatic carbocycles. The lowest BCUT2D eigenvalue weighted by Gasteiger charge is -2.20. The summed E-state index contributed by atoms with van der Waals surface area (Å²) in [6.45, 7) is 6.24. The third-order valence-electron chi connectivity index (χ3n) is 2.17. The molecule has 0 aromatic heterocycles. The van der Waals surface area contributed by atoms with E-state index >= 15 is 0 Å². The molecule has 0 radical (unpaired) electrons. The van der Waals surface area contributed by atoms with Crippen LogP contribution in [0.2, 0.25) is 0 Å². The molecule has 0 aliphatic rings. The smallest absolute Gasteiger partial charge is 0.412 e. The fraction of sp³-hybridized carbons (Fsp3) is 0.462. The van der Waals surface area contributed by atoms with Gasteiger partial charge in [-0.15, -0.1) is 0 Å². The van der Waals surface area contributed by atoms with Crippen molar-refractivity contribution < 1.29 is 9.53 Å². The summed E-state index contributed by atoms with van der Waals surface area (Å²) in [5.41, 5.74) is 13.1. The molecule has 0 bridgehead atoms. The van der Waals surface area contributed by atoms with Crippen LogP contribution in [-0.2, 0) is 17.8 Å². The topological polar surface area (TPSA) is 90.4 Å². The Hall–Kier alpha value is -1.59. The molecule has 0 aliphatic heterocycles. The highest BCUT2D eigenvalue weighted by Crippen LogP contribution is 2.16. The Balaban J connectivity index is 2.80. The highest BCUT2D eigenvalue weighted by atomic mass is 16.6. The SMILES string of the molecule is CC(C)(C)OC(=O)Nc1cc(CN)cc(CN)c1. The van der Waals surface area contributed by atoms with Gasteiger partial charge < -0.3 is 16.2 Å². The second-order valence-corrected chi connectivity index (χ2v) is 5.07. The lowest BCUT2D eigenvalue weighted by atomic mass is 10.1. The monoisotopic (exact) mass is 251 g/mol. The summed E-state index contributed by atoms with van der Waals surface area (Å²) < 4.78 is 5.18. The Bertz CT molecular complexity index is 402. The van der Waals surface area contributed by atoms with Crippen LogP contribution in [0.1, 0.15) is 31.9 Å². The highest BCUT2D eigenvalue weighted by molar-refractivity contribution is 5.85. The average molecular weight is 251 g/mol. The number of hydrogen-bond donors (Lipinski definition) is 3. The fourth-order valence-corrected chi connectivity index (χ4v) is 1.49. The lowest BCUT2D eigenvalue weighted by Crippen LogP contribution is -2.27. The number of nitrogens with two attached hydrogens (primary N) is 2. The van der Waals surface area contributed by atoms with Gasteiger partial charge in [-0.2, -0.15) is 0 Å². The van der Waals surface area contributed by atoms with Crippen LogP contribution in [0.15, 0.2) is 18.2 Å². The van der Waals surface area contributed by atoms with Gasteiger partial charge in [-0.1, -0.05) is 6.07 Å². The number of benzene rings is 1. The van der Waals surface area contributed by atoms with Gasteiger partial charge in [0.2, 0.25) is 0 Å². The maximum absolute atomic E-state index is 11.6. The van der Waals surface area contributed by atoms with E-state index < -0.39 is 11.7 Å². The maximum Gasteiger partial charge on any atom is 0.412 e. The number of nitrogens with one attached hydrogen (secondary N) is 1. The van der Waals surface area contributed by atoms with Crippen LogP contribution in [0.4, 0.5) is 10.5 Å². The molecule has 18 heavy (non-hydrogen) atoms. The minimum Gasteiger partial charge on any atom is -0.444 e. The molecule has 0 fully saturated rings. The van der Waals surface area contributed by atoms with E-state index in [2.05, 4.69) is 5.32 Å². The molecule has 0 spiro atoms. The van der Waals surface area contributed by atoms with E-state index in [0.717, 1.165) is 11.1 Å². The summed E-state index contributed by atoms with van der Waals surface area (Å²) in [5, 5.41) is 2.68. The zero-order valence-electron chi connectivity index (χ0n) is 11.1. The molecule has 0 aliphatic carbocycles. The van der Waals surface area contributed by atoms with Gasteiger partial charge in [0.25, 0.3) is 0 Å². The van der Waals surface area contributed by atoms with E-state index in [0.29, 0.717) is 18.8 Å². The predicted molar refractivity (Wildman–Crippen MR) is 72.1 cm³/mol. The average Bonchev–Trinajstić information content (AvgIpc) is 2.25.